The van der Waals surface area contributed by atoms with Crippen LogP contribution in [0.5, 0.6) is 0 Å². The Hall–Kier alpha value is -0.870. The second-order valence-corrected chi connectivity index (χ2v) is 8.52. The molecule has 0 aliphatic carbocycles. The van der Waals surface area contributed by atoms with E-state index in [9.17, 15) is 8.42 Å². The topological polar surface area (TPSA) is 57.6 Å². The molecule has 0 saturated carbocycles. The van der Waals surface area contributed by atoms with Crippen molar-refractivity contribution in [3.8, 4) is 11.8 Å². The third-order valence-electron chi connectivity index (χ3n) is 2.93. The SMILES string of the molecule is CC(C)CCS(=O)(=O)N(C)Cc1cc(C#CCCO)cs1. The monoisotopic (exact) mass is 329 g/mol. The lowest BCUT2D eigenvalue weighted by atomic mass is 10.2. The summed E-state index contributed by atoms with van der Waals surface area (Å²) in [5.41, 5.74) is 0.872. The Labute approximate surface area is 131 Å². The third kappa shape index (κ3) is 6.62. The average Bonchev–Trinajstić information content (AvgIpc) is 2.84. The van der Waals surface area contributed by atoms with Crippen LogP contribution in [0.25, 0.3) is 0 Å². The Morgan fingerprint density at radius 1 is 1.43 bits per heavy atom. The number of rotatable bonds is 7. The first-order valence-corrected chi connectivity index (χ1v) is 9.45. The molecule has 0 aliphatic heterocycles. The van der Waals surface area contributed by atoms with Gasteiger partial charge in [0.2, 0.25) is 10.0 Å². The zero-order valence-electron chi connectivity index (χ0n) is 12.8. The van der Waals surface area contributed by atoms with E-state index in [-0.39, 0.29) is 12.4 Å². The van der Waals surface area contributed by atoms with E-state index < -0.39 is 10.0 Å². The fourth-order valence-electron chi connectivity index (χ4n) is 1.61. The van der Waals surface area contributed by atoms with Gasteiger partial charge in [0.25, 0.3) is 0 Å². The van der Waals surface area contributed by atoms with Gasteiger partial charge in [-0.3, -0.25) is 0 Å². The Balaban J connectivity index is 2.63. The molecule has 1 N–H and O–H groups in total. The average molecular weight is 329 g/mol. The smallest absolute Gasteiger partial charge is 0.214 e. The number of sulfonamides is 1. The van der Waals surface area contributed by atoms with Crippen LogP contribution in [0.1, 0.15) is 37.1 Å². The van der Waals surface area contributed by atoms with Crippen LogP contribution in [0.15, 0.2) is 11.4 Å². The highest BCUT2D eigenvalue weighted by atomic mass is 32.2. The van der Waals surface area contributed by atoms with Crippen molar-refractivity contribution in [3.63, 3.8) is 0 Å². The zero-order chi connectivity index (χ0) is 15.9. The number of aliphatic hydroxyl groups is 1. The highest BCUT2D eigenvalue weighted by molar-refractivity contribution is 7.89. The maximum absolute atomic E-state index is 12.1. The largest absolute Gasteiger partial charge is 0.395 e. The quantitative estimate of drug-likeness (QED) is 0.781. The Bertz CT molecular complexity index is 594. The number of hydrogen-bond acceptors (Lipinski definition) is 4. The van der Waals surface area contributed by atoms with Crippen molar-refractivity contribution < 1.29 is 13.5 Å². The van der Waals surface area contributed by atoms with E-state index in [2.05, 4.69) is 11.8 Å². The van der Waals surface area contributed by atoms with E-state index in [1.807, 2.05) is 25.3 Å². The van der Waals surface area contributed by atoms with E-state index in [0.29, 0.717) is 25.3 Å². The summed E-state index contributed by atoms with van der Waals surface area (Å²) in [5, 5.41) is 10.6. The molecule has 1 heterocycles. The van der Waals surface area contributed by atoms with E-state index >= 15 is 0 Å². The van der Waals surface area contributed by atoms with E-state index in [1.165, 1.54) is 15.6 Å². The van der Waals surface area contributed by atoms with Gasteiger partial charge in [0, 0.05) is 35.8 Å². The minimum Gasteiger partial charge on any atom is -0.395 e. The molecule has 0 atom stereocenters. The van der Waals surface area contributed by atoms with Gasteiger partial charge in [0.1, 0.15) is 0 Å². The number of nitrogens with zero attached hydrogens (tertiary/aromatic N) is 1. The maximum Gasteiger partial charge on any atom is 0.214 e. The van der Waals surface area contributed by atoms with Gasteiger partial charge >= 0.3 is 0 Å². The summed E-state index contributed by atoms with van der Waals surface area (Å²) < 4.78 is 25.7. The Kier molecular flexibility index (Phi) is 7.40. The van der Waals surface area contributed by atoms with E-state index in [0.717, 1.165) is 10.4 Å². The van der Waals surface area contributed by atoms with Crippen molar-refractivity contribution >= 4 is 21.4 Å². The van der Waals surface area contributed by atoms with Gasteiger partial charge in [-0.15, -0.1) is 11.3 Å². The number of aliphatic hydroxyl groups excluding tert-OH is 1. The molecule has 21 heavy (non-hydrogen) atoms. The molecule has 1 aromatic heterocycles. The van der Waals surface area contributed by atoms with Gasteiger partial charge in [0.05, 0.1) is 12.4 Å². The predicted molar refractivity (Wildman–Crippen MR) is 87.6 cm³/mol. The minimum atomic E-state index is -3.19. The zero-order valence-corrected chi connectivity index (χ0v) is 14.4. The Morgan fingerprint density at radius 3 is 2.76 bits per heavy atom. The van der Waals surface area contributed by atoms with Crippen LogP contribution in [0.3, 0.4) is 0 Å². The van der Waals surface area contributed by atoms with Crippen LogP contribution in [0.2, 0.25) is 0 Å². The van der Waals surface area contributed by atoms with Gasteiger partial charge < -0.3 is 5.11 Å². The highest BCUT2D eigenvalue weighted by Crippen LogP contribution is 2.18. The van der Waals surface area contributed by atoms with Gasteiger partial charge in [-0.05, 0) is 18.4 Å². The van der Waals surface area contributed by atoms with E-state index in [4.69, 9.17) is 5.11 Å². The third-order valence-corrected chi connectivity index (χ3v) is 5.68. The van der Waals surface area contributed by atoms with Crippen LogP contribution < -0.4 is 0 Å². The summed E-state index contributed by atoms with van der Waals surface area (Å²) >= 11 is 1.51. The first-order chi connectivity index (χ1) is 9.85. The summed E-state index contributed by atoms with van der Waals surface area (Å²) in [7, 11) is -1.58. The summed E-state index contributed by atoms with van der Waals surface area (Å²) in [4.78, 5) is 0.971. The lowest BCUT2D eigenvalue weighted by Gasteiger charge is -2.16. The van der Waals surface area contributed by atoms with Crippen LogP contribution in [-0.2, 0) is 16.6 Å². The van der Waals surface area contributed by atoms with Crippen LogP contribution in [-0.4, -0.2) is 37.2 Å². The Morgan fingerprint density at radius 2 is 2.14 bits per heavy atom. The van der Waals surface area contributed by atoms with Crippen molar-refractivity contribution in [2.45, 2.75) is 33.2 Å². The van der Waals surface area contributed by atoms with E-state index in [1.54, 1.807) is 7.05 Å². The summed E-state index contributed by atoms with van der Waals surface area (Å²) in [5.74, 6) is 6.37. The van der Waals surface area contributed by atoms with Gasteiger partial charge in [-0.2, -0.15) is 4.31 Å². The van der Waals surface area contributed by atoms with Crippen molar-refractivity contribution in [1.82, 2.24) is 4.31 Å². The summed E-state index contributed by atoms with van der Waals surface area (Å²) in [6, 6.07) is 1.91. The van der Waals surface area contributed by atoms with Gasteiger partial charge in [-0.1, -0.05) is 25.7 Å². The van der Waals surface area contributed by atoms with Crippen LogP contribution >= 0.6 is 11.3 Å². The second kappa shape index (κ2) is 8.54. The summed E-state index contributed by atoms with van der Waals surface area (Å²) in [6.45, 7) is 4.48. The first kappa shape index (κ1) is 18.2. The second-order valence-electron chi connectivity index (χ2n) is 5.33. The molecule has 4 nitrogen and oxygen atoms in total. The van der Waals surface area contributed by atoms with Gasteiger partial charge in [0.15, 0.2) is 0 Å². The fraction of sp³-hybridized carbons (Fsp3) is 0.600. The van der Waals surface area contributed by atoms with Crippen molar-refractivity contribution in [2.24, 2.45) is 5.92 Å². The fourth-order valence-corrected chi connectivity index (χ4v) is 3.97. The molecule has 0 amide bonds. The normalized spacial score (nSPS) is 11.7. The molecule has 0 saturated heterocycles. The first-order valence-electron chi connectivity index (χ1n) is 6.96. The van der Waals surface area contributed by atoms with Gasteiger partial charge in [-0.25, -0.2) is 8.42 Å². The van der Waals surface area contributed by atoms with Crippen molar-refractivity contribution in [2.75, 3.05) is 19.4 Å². The maximum atomic E-state index is 12.1. The molecule has 0 radical (unpaired) electrons. The standard InChI is InChI=1S/C15H23NO3S2/c1-13(2)7-9-21(18,19)16(3)11-15-10-14(12-20-15)6-4-5-8-17/h10,12-13,17H,5,7-9,11H2,1-3H3. The molecule has 0 aromatic carbocycles. The predicted octanol–water partition coefficient (Wildman–Crippen LogP) is 2.29. The molecular formula is C15H23NO3S2. The number of hydrogen-bond donors (Lipinski definition) is 1. The lowest BCUT2D eigenvalue weighted by Crippen LogP contribution is -2.29. The highest BCUT2D eigenvalue weighted by Gasteiger charge is 2.18. The molecule has 0 fully saturated rings. The molecular weight excluding hydrogens is 306 g/mol. The van der Waals surface area contributed by atoms with Crippen molar-refractivity contribution in [1.29, 1.82) is 0 Å². The minimum absolute atomic E-state index is 0.0564. The molecule has 1 aromatic rings. The van der Waals surface area contributed by atoms with Crippen molar-refractivity contribution in [3.05, 3.63) is 21.9 Å². The summed E-state index contributed by atoms with van der Waals surface area (Å²) in [6.07, 6.45) is 1.13. The molecule has 0 spiro atoms. The van der Waals surface area contributed by atoms with Crippen LogP contribution in [0.4, 0.5) is 0 Å². The lowest BCUT2D eigenvalue weighted by molar-refractivity contribution is 0.305. The molecule has 1 rings (SSSR count). The molecule has 0 aliphatic rings. The number of thiophene rings is 1. The molecule has 0 unspecified atom stereocenters. The van der Waals surface area contributed by atoms with Crippen LogP contribution in [0, 0.1) is 17.8 Å². The molecule has 0 bridgehead atoms. The molecule has 118 valence electrons. The molecule has 6 heteroatoms.